The third-order valence-corrected chi connectivity index (χ3v) is 2.95. The van der Waals surface area contributed by atoms with Crippen LogP contribution in [0, 0.1) is 17.3 Å². The number of likely N-dealkylation sites (tertiary alicyclic amines) is 1. The molecule has 1 aliphatic rings. The van der Waals surface area contributed by atoms with Crippen LogP contribution in [0.25, 0.3) is 0 Å². The van der Waals surface area contributed by atoms with Gasteiger partial charge in [0.1, 0.15) is 0 Å². The minimum absolute atomic E-state index is 0.464. The monoisotopic (exact) mass is 183 g/mol. The standard InChI is InChI=1S/C12H25N/c1-10(2)11-6-7-13(8-11)9-12(3,4)5/h10-11H,6-9H2,1-5H3. The Hall–Kier alpha value is -0.0400. The lowest BCUT2D eigenvalue weighted by Gasteiger charge is -2.26. The van der Waals surface area contributed by atoms with E-state index in [1.165, 1.54) is 26.1 Å². The third kappa shape index (κ3) is 3.68. The van der Waals surface area contributed by atoms with Crippen LogP contribution in [0.5, 0.6) is 0 Å². The maximum absolute atomic E-state index is 2.63. The SMILES string of the molecule is CC(C)C1CCN(CC(C)(C)C)C1. The Labute approximate surface area is 83.5 Å². The summed E-state index contributed by atoms with van der Waals surface area (Å²) in [6.45, 7) is 15.6. The predicted molar refractivity (Wildman–Crippen MR) is 58.8 cm³/mol. The first-order valence-corrected chi connectivity index (χ1v) is 5.61. The molecule has 0 aliphatic carbocycles. The van der Waals surface area contributed by atoms with Gasteiger partial charge in [-0.2, -0.15) is 0 Å². The average molecular weight is 183 g/mol. The maximum Gasteiger partial charge on any atom is 0.00302 e. The minimum Gasteiger partial charge on any atom is -0.303 e. The predicted octanol–water partition coefficient (Wildman–Crippen LogP) is 3.01. The molecule has 0 bridgehead atoms. The third-order valence-electron chi connectivity index (χ3n) is 2.95. The van der Waals surface area contributed by atoms with E-state index in [1.54, 1.807) is 0 Å². The highest BCUT2D eigenvalue weighted by atomic mass is 15.1. The van der Waals surface area contributed by atoms with E-state index in [9.17, 15) is 0 Å². The van der Waals surface area contributed by atoms with Gasteiger partial charge >= 0.3 is 0 Å². The molecule has 0 radical (unpaired) electrons. The first kappa shape index (κ1) is 11.0. The van der Waals surface area contributed by atoms with Gasteiger partial charge in [-0.05, 0) is 30.2 Å². The van der Waals surface area contributed by atoms with Gasteiger partial charge in [-0.25, -0.2) is 0 Å². The van der Waals surface area contributed by atoms with E-state index in [-0.39, 0.29) is 0 Å². The molecular formula is C12H25N. The van der Waals surface area contributed by atoms with Crippen molar-refractivity contribution >= 4 is 0 Å². The summed E-state index contributed by atoms with van der Waals surface area (Å²) in [5.41, 5.74) is 0.464. The largest absolute Gasteiger partial charge is 0.303 e. The second-order valence-corrected chi connectivity index (χ2v) is 6.09. The van der Waals surface area contributed by atoms with Crippen LogP contribution in [0.4, 0.5) is 0 Å². The van der Waals surface area contributed by atoms with Gasteiger partial charge in [0.2, 0.25) is 0 Å². The Morgan fingerprint density at radius 3 is 2.31 bits per heavy atom. The summed E-state index contributed by atoms with van der Waals surface area (Å²) in [6.07, 6.45) is 1.41. The van der Waals surface area contributed by atoms with Gasteiger partial charge in [-0.1, -0.05) is 34.6 Å². The molecule has 0 N–H and O–H groups in total. The quantitative estimate of drug-likeness (QED) is 0.636. The summed E-state index contributed by atoms with van der Waals surface area (Å²) in [5, 5.41) is 0. The van der Waals surface area contributed by atoms with Gasteiger partial charge < -0.3 is 4.90 Å². The fraction of sp³-hybridized carbons (Fsp3) is 1.00. The highest BCUT2D eigenvalue weighted by Gasteiger charge is 2.27. The number of hydrogen-bond acceptors (Lipinski definition) is 1. The zero-order chi connectivity index (χ0) is 10.1. The minimum atomic E-state index is 0.464. The van der Waals surface area contributed by atoms with Crippen LogP contribution in [-0.2, 0) is 0 Å². The molecule has 1 rings (SSSR count). The highest BCUT2D eigenvalue weighted by molar-refractivity contribution is 4.80. The molecule has 1 heteroatoms. The van der Waals surface area contributed by atoms with E-state index in [1.807, 2.05) is 0 Å². The summed E-state index contributed by atoms with van der Waals surface area (Å²) >= 11 is 0. The molecule has 0 amide bonds. The molecule has 13 heavy (non-hydrogen) atoms. The molecular weight excluding hydrogens is 158 g/mol. The molecule has 0 aromatic rings. The molecule has 1 fully saturated rings. The zero-order valence-electron chi connectivity index (χ0n) is 9.93. The Bertz CT molecular complexity index is 155. The van der Waals surface area contributed by atoms with Crippen molar-refractivity contribution in [1.82, 2.24) is 4.90 Å². The lowest BCUT2D eigenvalue weighted by molar-refractivity contribution is 0.214. The molecule has 0 aromatic carbocycles. The Kier molecular flexibility index (Phi) is 3.39. The highest BCUT2D eigenvalue weighted by Crippen LogP contribution is 2.26. The molecule has 1 atom stereocenters. The van der Waals surface area contributed by atoms with Crippen molar-refractivity contribution in [3.05, 3.63) is 0 Å². The first-order chi connectivity index (χ1) is 5.88. The molecule has 0 spiro atoms. The lowest BCUT2D eigenvalue weighted by atomic mass is 9.94. The summed E-state index contributed by atoms with van der Waals surface area (Å²) in [4.78, 5) is 2.63. The summed E-state index contributed by atoms with van der Waals surface area (Å²) in [5.74, 6) is 1.81. The van der Waals surface area contributed by atoms with E-state index < -0.39 is 0 Å². The van der Waals surface area contributed by atoms with Gasteiger partial charge in [0, 0.05) is 13.1 Å². The number of hydrogen-bond donors (Lipinski definition) is 0. The van der Waals surface area contributed by atoms with Crippen LogP contribution in [0.3, 0.4) is 0 Å². The van der Waals surface area contributed by atoms with Crippen LogP contribution in [0.1, 0.15) is 41.0 Å². The molecule has 1 heterocycles. The average Bonchev–Trinajstić information content (AvgIpc) is 2.31. The van der Waals surface area contributed by atoms with Gasteiger partial charge in [-0.15, -0.1) is 0 Å². The van der Waals surface area contributed by atoms with E-state index in [0.29, 0.717) is 5.41 Å². The molecule has 0 aromatic heterocycles. The number of nitrogens with zero attached hydrogens (tertiary/aromatic N) is 1. The normalized spacial score (nSPS) is 25.8. The Balaban J connectivity index is 2.33. The van der Waals surface area contributed by atoms with Crippen LogP contribution in [0.15, 0.2) is 0 Å². The van der Waals surface area contributed by atoms with Crippen LogP contribution in [-0.4, -0.2) is 24.5 Å². The van der Waals surface area contributed by atoms with E-state index in [0.717, 1.165) is 11.8 Å². The van der Waals surface area contributed by atoms with Crippen molar-refractivity contribution in [3.63, 3.8) is 0 Å². The molecule has 0 saturated carbocycles. The maximum atomic E-state index is 2.63. The molecule has 78 valence electrons. The summed E-state index contributed by atoms with van der Waals surface area (Å²) in [6, 6.07) is 0. The van der Waals surface area contributed by atoms with Crippen molar-refractivity contribution in [2.45, 2.75) is 41.0 Å². The lowest BCUT2D eigenvalue weighted by Crippen LogP contribution is -2.31. The molecule has 1 saturated heterocycles. The summed E-state index contributed by atoms with van der Waals surface area (Å²) in [7, 11) is 0. The fourth-order valence-electron chi connectivity index (χ4n) is 2.22. The van der Waals surface area contributed by atoms with Gasteiger partial charge in [-0.3, -0.25) is 0 Å². The van der Waals surface area contributed by atoms with Crippen molar-refractivity contribution < 1.29 is 0 Å². The summed E-state index contributed by atoms with van der Waals surface area (Å²) < 4.78 is 0. The fourth-order valence-corrected chi connectivity index (χ4v) is 2.22. The van der Waals surface area contributed by atoms with E-state index in [4.69, 9.17) is 0 Å². The molecule has 1 aliphatic heterocycles. The Morgan fingerprint density at radius 2 is 1.92 bits per heavy atom. The Morgan fingerprint density at radius 1 is 1.31 bits per heavy atom. The van der Waals surface area contributed by atoms with Crippen LogP contribution < -0.4 is 0 Å². The number of rotatable bonds is 2. The molecule has 1 unspecified atom stereocenters. The van der Waals surface area contributed by atoms with E-state index >= 15 is 0 Å². The van der Waals surface area contributed by atoms with Crippen molar-refractivity contribution in [1.29, 1.82) is 0 Å². The second kappa shape index (κ2) is 4.00. The van der Waals surface area contributed by atoms with Gasteiger partial charge in [0.15, 0.2) is 0 Å². The zero-order valence-corrected chi connectivity index (χ0v) is 9.93. The second-order valence-electron chi connectivity index (χ2n) is 6.09. The van der Waals surface area contributed by atoms with Crippen LogP contribution in [0.2, 0.25) is 0 Å². The van der Waals surface area contributed by atoms with Crippen molar-refractivity contribution in [2.75, 3.05) is 19.6 Å². The first-order valence-electron chi connectivity index (χ1n) is 5.61. The van der Waals surface area contributed by atoms with Gasteiger partial charge in [0.05, 0.1) is 0 Å². The van der Waals surface area contributed by atoms with Crippen molar-refractivity contribution in [3.8, 4) is 0 Å². The van der Waals surface area contributed by atoms with Crippen LogP contribution >= 0.6 is 0 Å². The smallest absolute Gasteiger partial charge is 0.00302 e. The van der Waals surface area contributed by atoms with E-state index in [2.05, 4.69) is 39.5 Å². The van der Waals surface area contributed by atoms with Gasteiger partial charge in [0.25, 0.3) is 0 Å². The molecule has 1 nitrogen and oxygen atoms in total. The topological polar surface area (TPSA) is 3.24 Å². The van der Waals surface area contributed by atoms with Crippen molar-refractivity contribution in [2.24, 2.45) is 17.3 Å².